The quantitative estimate of drug-likeness (QED) is 0.876. The Morgan fingerprint density at radius 3 is 2.56 bits per heavy atom. The second kappa shape index (κ2) is 5.51. The minimum atomic E-state index is -0.312. The average molecular weight is 264 g/mol. The third-order valence-corrected chi connectivity index (χ3v) is 3.22. The van der Waals surface area contributed by atoms with Crippen molar-refractivity contribution < 1.29 is 4.39 Å². The highest BCUT2D eigenvalue weighted by Crippen LogP contribution is 2.31. The van der Waals surface area contributed by atoms with E-state index in [-0.39, 0.29) is 5.82 Å². The van der Waals surface area contributed by atoms with Crippen molar-refractivity contribution in [2.24, 2.45) is 0 Å². The molecule has 1 N–H and O–H groups in total. The Morgan fingerprint density at radius 2 is 1.89 bits per heavy atom. The van der Waals surface area contributed by atoms with Crippen LogP contribution in [0.3, 0.4) is 0 Å². The molecule has 0 unspecified atom stereocenters. The number of hydrogen-bond donors (Lipinski definition) is 1. The van der Waals surface area contributed by atoms with Crippen LogP contribution in [0.4, 0.5) is 4.39 Å². The fourth-order valence-electron chi connectivity index (χ4n) is 1.98. The van der Waals surface area contributed by atoms with E-state index in [1.54, 1.807) is 6.07 Å². The van der Waals surface area contributed by atoms with Crippen molar-refractivity contribution in [3.63, 3.8) is 0 Å². The van der Waals surface area contributed by atoms with E-state index in [4.69, 9.17) is 11.6 Å². The smallest absolute Gasteiger partial charge is 0.124 e. The highest BCUT2D eigenvalue weighted by molar-refractivity contribution is 6.33. The van der Waals surface area contributed by atoms with Gasteiger partial charge in [-0.25, -0.2) is 4.39 Å². The maximum Gasteiger partial charge on any atom is 0.124 e. The molecule has 0 radical (unpaired) electrons. The molecule has 0 spiro atoms. The molecule has 0 saturated carbocycles. The normalized spacial score (nSPS) is 10.7. The summed E-state index contributed by atoms with van der Waals surface area (Å²) in [5, 5.41) is 3.56. The van der Waals surface area contributed by atoms with E-state index >= 15 is 0 Å². The minimum absolute atomic E-state index is 0.312. The molecule has 0 bridgehead atoms. The molecular weight excluding hydrogens is 249 g/mol. The Kier molecular flexibility index (Phi) is 4.00. The molecule has 0 aromatic heterocycles. The lowest BCUT2D eigenvalue weighted by Crippen LogP contribution is -2.05. The van der Waals surface area contributed by atoms with E-state index in [1.807, 2.05) is 14.0 Å². The first kappa shape index (κ1) is 13.1. The molecule has 1 nitrogen and oxygen atoms in total. The Bertz CT molecular complexity index is 566. The van der Waals surface area contributed by atoms with Crippen LogP contribution in [0.15, 0.2) is 36.4 Å². The zero-order valence-corrected chi connectivity index (χ0v) is 11.2. The van der Waals surface area contributed by atoms with Gasteiger partial charge in [0.05, 0.1) is 5.02 Å². The van der Waals surface area contributed by atoms with E-state index in [2.05, 4.69) is 23.5 Å². The van der Waals surface area contributed by atoms with Gasteiger partial charge in [-0.2, -0.15) is 0 Å². The SMILES string of the molecule is CNCc1ccc(C)c(-c2ccc(F)cc2Cl)c1. The highest BCUT2D eigenvalue weighted by atomic mass is 35.5. The van der Waals surface area contributed by atoms with Crippen LogP contribution in [0.5, 0.6) is 0 Å². The van der Waals surface area contributed by atoms with Crippen LogP contribution < -0.4 is 5.32 Å². The lowest BCUT2D eigenvalue weighted by Gasteiger charge is -2.11. The molecule has 0 aliphatic rings. The Labute approximate surface area is 112 Å². The molecule has 0 heterocycles. The van der Waals surface area contributed by atoms with E-state index in [0.29, 0.717) is 5.02 Å². The molecule has 0 aliphatic heterocycles. The number of aryl methyl sites for hydroxylation is 1. The van der Waals surface area contributed by atoms with Crippen LogP contribution in [0.25, 0.3) is 11.1 Å². The van der Waals surface area contributed by atoms with Crippen molar-refractivity contribution in [3.05, 3.63) is 58.4 Å². The first-order valence-electron chi connectivity index (χ1n) is 5.81. The third kappa shape index (κ3) is 2.71. The van der Waals surface area contributed by atoms with Gasteiger partial charge < -0.3 is 5.32 Å². The lowest BCUT2D eigenvalue weighted by atomic mass is 9.98. The average Bonchev–Trinajstić information content (AvgIpc) is 2.33. The Hall–Kier alpha value is -1.38. The van der Waals surface area contributed by atoms with Gasteiger partial charge in [0.25, 0.3) is 0 Å². The molecule has 0 amide bonds. The van der Waals surface area contributed by atoms with Crippen molar-refractivity contribution >= 4 is 11.6 Å². The van der Waals surface area contributed by atoms with Gasteiger partial charge in [-0.1, -0.05) is 23.7 Å². The molecule has 0 fully saturated rings. The molecule has 3 heteroatoms. The lowest BCUT2D eigenvalue weighted by molar-refractivity contribution is 0.628. The Balaban J connectivity index is 2.51. The molecule has 2 aromatic rings. The fourth-order valence-corrected chi connectivity index (χ4v) is 2.25. The van der Waals surface area contributed by atoms with Crippen LogP contribution in [0.1, 0.15) is 11.1 Å². The first-order chi connectivity index (χ1) is 8.61. The van der Waals surface area contributed by atoms with E-state index in [9.17, 15) is 4.39 Å². The monoisotopic (exact) mass is 263 g/mol. The van der Waals surface area contributed by atoms with Crippen LogP contribution in [-0.4, -0.2) is 7.05 Å². The number of rotatable bonds is 3. The van der Waals surface area contributed by atoms with Crippen LogP contribution >= 0.6 is 11.6 Å². The van der Waals surface area contributed by atoms with Gasteiger partial charge in [-0.3, -0.25) is 0 Å². The van der Waals surface area contributed by atoms with Gasteiger partial charge in [-0.05, 0) is 54.9 Å². The van der Waals surface area contributed by atoms with Gasteiger partial charge >= 0.3 is 0 Å². The fraction of sp³-hybridized carbons (Fsp3) is 0.200. The number of nitrogens with one attached hydrogen (secondary N) is 1. The van der Waals surface area contributed by atoms with E-state index < -0.39 is 0 Å². The molecular formula is C15H15ClFN. The zero-order valence-electron chi connectivity index (χ0n) is 10.4. The van der Waals surface area contributed by atoms with Crippen molar-refractivity contribution in [2.75, 3.05) is 7.05 Å². The van der Waals surface area contributed by atoms with E-state index in [0.717, 1.165) is 23.2 Å². The standard InChI is InChI=1S/C15H15ClFN/c1-10-3-4-11(9-18-2)7-14(10)13-6-5-12(17)8-15(13)16/h3-8,18H,9H2,1-2H3. The van der Waals surface area contributed by atoms with Crippen molar-refractivity contribution in [1.82, 2.24) is 5.32 Å². The second-order valence-electron chi connectivity index (χ2n) is 4.30. The van der Waals surface area contributed by atoms with Gasteiger partial charge in [0.15, 0.2) is 0 Å². The number of hydrogen-bond acceptors (Lipinski definition) is 1. The predicted molar refractivity (Wildman–Crippen MR) is 74.3 cm³/mol. The van der Waals surface area contributed by atoms with Crippen molar-refractivity contribution in [1.29, 1.82) is 0 Å². The summed E-state index contributed by atoms with van der Waals surface area (Å²) in [4.78, 5) is 0. The molecule has 18 heavy (non-hydrogen) atoms. The number of benzene rings is 2. The number of halogens is 2. The largest absolute Gasteiger partial charge is 0.316 e. The van der Waals surface area contributed by atoms with Crippen LogP contribution in [0, 0.1) is 12.7 Å². The zero-order chi connectivity index (χ0) is 13.1. The summed E-state index contributed by atoms with van der Waals surface area (Å²) in [5.41, 5.74) is 4.23. The maximum absolute atomic E-state index is 13.1. The Morgan fingerprint density at radius 1 is 1.11 bits per heavy atom. The second-order valence-corrected chi connectivity index (χ2v) is 4.71. The third-order valence-electron chi connectivity index (χ3n) is 2.90. The van der Waals surface area contributed by atoms with Crippen LogP contribution in [-0.2, 0) is 6.54 Å². The summed E-state index contributed by atoms with van der Waals surface area (Å²) >= 11 is 6.11. The summed E-state index contributed by atoms with van der Waals surface area (Å²) < 4.78 is 13.1. The molecule has 0 atom stereocenters. The first-order valence-corrected chi connectivity index (χ1v) is 6.19. The van der Waals surface area contributed by atoms with Gasteiger partial charge in [0, 0.05) is 12.1 Å². The summed E-state index contributed by atoms with van der Waals surface area (Å²) in [6.07, 6.45) is 0. The van der Waals surface area contributed by atoms with E-state index in [1.165, 1.54) is 17.7 Å². The summed E-state index contributed by atoms with van der Waals surface area (Å²) in [7, 11) is 1.91. The molecule has 0 saturated heterocycles. The van der Waals surface area contributed by atoms with Crippen LogP contribution in [0.2, 0.25) is 5.02 Å². The topological polar surface area (TPSA) is 12.0 Å². The van der Waals surface area contributed by atoms with Gasteiger partial charge in [-0.15, -0.1) is 0 Å². The van der Waals surface area contributed by atoms with Gasteiger partial charge in [0.2, 0.25) is 0 Å². The molecule has 0 aliphatic carbocycles. The maximum atomic E-state index is 13.1. The molecule has 94 valence electrons. The van der Waals surface area contributed by atoms with Gasteiger partial charge in [0.1, 0.15) is 5.82 Å². The predicted octanol–water partition coefficient (Wildman–Crippen LogP) is 4.17. The molecule has 2 aromatic carbocycles. The summed E-state index contributed by atoms with van der Waals surface area (Å²) in [6, 6.07) is 10.7. The minimum Gasteiger partial charge on any atom is -0.316 e. The van der Waals surface area contributed by atoms with Crippen molar-refractivity contribution in [2.45, 2.75) is 13.5 Å². The summed E-state index contributed by atoms with van der Waals surface area (Å²) in [6.45, 7) is 2.82. The highest BCUT2D eigenvalue weighted by Gasteiger charge is 2.08. The summed E-state index contributed by atoms with van der Waals surface area (Å²) in [5.74, 6) is -0.312. The molecule has 2 rings (SSSR count). The van der Waals surface area contributed by atoms with Crippen molar-refractivity contribution in [3.8, 4) is 11.1 Å².